The maximum Gasteiger partial charge on any atom is 0.417 e. The number of aromatic amines is 1. The molecule has 1 atom stereocenters. The topological polar surface area (TPSA) is 98.3 Å². The maximum atomic E-state index is 11.3. The van der Waals surface area contributed by atoms with Gasteiger partial charge >= 0.3 is 11.7 Å². The lowest BCUT2D eigenvalue weighted by atomic mass is 10.1. The first-order valence-corrected chi connectivity index (χ1v) is 5.95. The fraction of sp³-hybridized carbons (Fsp3) is 0.273. The summed E-state index contributed by atoms with van der Waals surface area (Å²) in [5.41, 5.74) is 7.46. The van der Waals surface area contributed by atoms with E-state index < -0.39 is 17.8 Å². The highest BCUT2D eigenvalue weighted by atomic mass is 79.9. The van der Waals surface area contributed by atoms with E-state index >= 15 is 0 Å². The van der Waals surface area contributed by atoms with Crippen molar-refractivity contribution in [2.75, 3.05) is 7.11 Å². The molecule has 0 aliphatic carbocycles. The molecule has 2 aromatic rings. The maximum absolute atomic E-state index is 11.3. The fourth-order valence-electron chi connectivity index (χ4n) is 1.64. The molecule has 0 saturated carbocycles. The molecule has 1 aromatic heterocycles. The smallest absolute Gasteiger partial charge is 0.417 e. The van der Waals surface area contributed by atoms with E-state index in [1.165, 1.54) is 7.11 Å². The van der Waals surface area contributed by atoms with E-state index in [-0.39, 0.29) is 6.42 Å². The van der Waals surface area contributed by atoms with E-state index in [0.29, 0.717) is 11.1 Å². The Morgan fingerprint density at radius 2 is 2.33 bits per heavy atom. The summed E-state index contributed by atoms with van der Waals surface area (Å²) in [6, 6.07) is 2.62. The molecule has 0 bridgehead atoms. The highest BCUT2D eigenvalue weighted by Crippen LogP contribution is 2.23. The third kappa shape index (κ3) is 2.46. The number of rotatable bonds is 3. The van der Waals surface area contributed by atoms with Crippen LogP contribution in [0.25, 0.3) is 11.1 Å². The van der Waals surface area contributed by atoms with Crippen molar-refractivity contribution in [2.45, 2.75) is 12.5 Å². The van der Waals surface area contributed by atoms with Gasteiger partial charge in [0.2, 0.25) is 0 Å². The molecule has 0 spiro atoms. The van der Waals surface area contributed by atoms with Crippen LogP contribution in [-0.2, 0) is 16.0 Å². The molecule has 96 valence electrons. The number of benzene rings is 1. The Morgan fingerprint density at radius 3 is 3.00 bits per heavy atom. The number of hydrogen-bond donors (Lipinski definition) is 2. The first-order valence-electron chi connectivity index (χ1n) is 5.16. The van der Waals surface area contributed by atoms with Gasteiger partial charge in [0.25, 0.3) is 0 Å². The average molecular weight is 315 g/mol. The normalized spacial score (nSPS) is 12.6. The number of oxazole rings is 1. The number of nitrogens with two attached hydrogens (primary N) is 1. The van der Waals surface area contributed by atoms with Gasteiger partial charge < -0.3 is 14.9 Å². The zero-order valence-corrected chi connectivity index (χ0v) is 11.1. The predicted molar refractivity (Wildman–Crippen MR) is 68.2 cm³/mol. The van der Waals surface area contributed by atoms with Crippen LogP contribution in [0.2, 0.25) is 0 Å². The highest BCUT2D eigenvalue weighted by molar-refractivity contribution is 9.10. The SMILES string of the molecule is COC(=O)C(N)Cc1cc2oc(=O)[nH]c2cc1Br. The van der Waals surface area contributed by atoms with Gasteiger partial charge in [-0.2, -0.15) is 0 Å². The van der Waals surface area contributed by atoms with Crippen LogP contribution in [0.5, 0.6) is 0 Å². The van der Waals surface area contributed by atoms with E-state index in [1.54, 1.807) is 12.1 Å². The summed E-state index contributed by atoms with van der Waals surface area (Å²) in [5, 5.41) is 0. The standard InChI is InChI=1S/C11H11BrN2O4/c1-17-10(15)7(13)2-5-3-9-8(4-6(5)12)14-11(16)18-9/h3-4,7H,2,13H2,1H3,(H,14,16). The zero-order valence-electron chi connectivity index (χ0n) is 9.53. The van der Waals surface area contributed by atoms with Gasteiger partial charge in [-0.15, -0.1) is 0 Å². The second-order valence-corrected chi connectivity index (χ2v) is 4.64. The van der Waals surface area contributed by atoms with Crippen molar-refractivity contribution in [3.05, 3.63) is 32.7 Å². The predicted octanol–water partition coefficient (Wildman–Crippen LogP) is 0.926. The summed E-state index contributed by atoms with van der Waals surface area (Å²) < 4.78 is 10.2. The van der Waals surface area contributed by atoms with E-state index in [0.717, 1.165) is 10.0 Å². The van der Waals surface area contributed by atoms with Gasteiger partial charge in [0.15, 0.2) is 5.58 Å². The minimum atomic E-state index is -0.755. The Labute approximate surface area is 110 Å². The lowest BCUT2D eigenvalue weighted by Gasteiger charge is -2.10. The quantitative estimate of drug-likeness (QED) is 0.821. The number of carbonyl (C=O) groups excluding carboxylic acids is 1. The third-order valence-corrected chi connectivity index (χ3v) is 3.27. The number of hydrogen-bond acceptors (Lipinski definition) is 5. The number of nitrogens with one attached hydrogen (secondary N) is 1. The summed E-state index contributed by atoms with van der Waals surface area (Å²) in [7, 11) is 1.28. The second kappa shape index (κ2) is 4.95. The second-order valence-electron chi connectivity index (χ2n) is 3.79. The molecule has 0 saturated heterocycles. The van der Waals surface area contributed by atoms with Gasteiger partial charge in [-0.25, -0.2) is 4.79 Å². The number of esters is 1. The van der Waals surface area contributed by atoms with E-state index in [1.807, 2.05) is 0 Å². The van der Waals surface area contributed by atoms with Crippen LogP contribution in [-0.4, -0.2) is 24.1 Å². The summed E-state index contributed by atoms with van der Waals surface area (Å²) in [4.78, 5) is 24.8. The van der Waals surface area contributed by atoms with Gasteiger partial charge in [-0.3, -0.25) is 9.78 Å². The van der Waals surface area contributed by atoms with Crippen LogP contribution in [0.3, 0.4) is 0 Å². The first-order chi connectivity index (χ1) is 8.51. The summed E-state index contributed by atoms with van der Waals surface area (Å²) >= 11 is 3.35. The molecule has 0 radical (unpaired) electrons. The Morgan fingerprint density at radius 1 is 1.61 bits per heavy atom. The van der Waals surface area contributed by atoms with Crippen LogP contribution >= 0.6 is 15.9 Å². The lowest BCUT2D eigenvalue weighted by Crippen LogP contribution is -2.33. The average Bonchev–Trinajstić information content (AvgIpc) is 2.67. The Bertz CT molecular complexity index is 646. The number of ether oxygens (including phenoxy) is 1. The molecular weight excluding hydrogens is 304 g/mol. The number of carbonyl (C=O) groups is 1. The van der Waals surface area contributed by atoms with E-state index in [2.05, 4.69) is 25.7 Å². The molecule has 1 aromatic carbocycles. The van der Waals surface area contributed by atoms with Gasteiger partial charge in [0, 0.05) is 4.47 Å². The van der Waals surface area contributed by atoms with Crippen molar-refractivity contribution >= 4 is 33.0 Å². The number of halogens is 1. The molecule has 3 N–H and O–H groups in total. The van der Waals surface area contributed by atoms with Gasteiger partial charge in [-0.1, -0.05) is 15.9 Å². The van der Waals surface area contributed by atoms with Crippen molar-refractivity contribution in [1.29, 1.82) is 0 Å². The van der Waals surface area contributed by atoms with Crippen molar-refractivity contribution in [2.24, 2.45) is 5.73 Å². The molecule has 0 amide bonds. The van der Waals surface area contributed by atoms with E-state index in [9.17, 15) is 9.59 Å². The monoisotopic (exact) mass is 314 g/mol. The minimum Gasteiger partial charge on any atom is -0.468 e. The number of H-pyrrole nitrogens is 1. The Balaban J connectivity index is 2.35. The molecule has 1 unspecified atom stereocenters. The number of fused-ring (bicyclic) bond motifs is 1. The van der Waals surface area contributed by atoms with Crippen molar-refractivity contribution in [3.8, 4) is 0 Å². The zero-order chi connectivity index (χ0) is 13.3. The van der Waals surface area contributed by atoms with Crippen molar-refractivity contribution in [3.63, 3.8) is 0 Å². The van der Waals surface area contributed by atoms with Crippen LogP contribution < -0.4 is 11.5 Å². The first kappa shape index (κ1) is 12.8. The molecule has 0 aliphatic rings. The summed E-state index contributed by atoms with van der Waals surface area (Å²) in [5.74, 6) is -1.01. The molecule has 0 aliphatic heterocycles. The van der Waals surface area contributed by atoms with Gasteiger partial charge in [0.05, 0.1) is 12.6 Å². The Hall–Kier alpha value is -1.60. The van der Waals surface area contributed by atoms with Gasteiger partial charge in [0.1, 0.15) is 6.04 Å². The van der Waals surface area contributed by atoms with Crippen LogP contribution in [0.15, 0.2) is 25.8 Å². The van der Waals surface area contributed by atoms with Crippen molar-refractivity contribution in [1.82, 2.24) is 4.98 Å². The number of aromatic nitrogens is 1. The van der Waals surface area contributed by atoms with Gasteiger partial charge in [-0.05, 0) is 24.1 Å². The number of methoxy groups -OCH3 is 1. The highest BCUT2D eigenvalue weighted by Gasteiger charge is 2.17. The fourth-order valence-corrected chi connectivity index (χ4v) is 2.15. The van der Waals surface area contributed by atoms with Crippen molar-refractivity contribution < 1.29 is 13.9 Å². The summed E-state index contributed by atoms with van der Waals surface area (Å²) in [6.45, 7) is 0. The molecule has 2 rings (SSSR count). The molecular formula is C11H11BrN2O4. The van der Waals surface area contributed by atoms with Crippen LogP contribution in [0.4, 0.5) is 0 Å². The molecule has 0 fully saturated rings. The summed E-state index contributed by atoms with van der Waals surface area (Å²) in [6.07, 6.45) is 0.290. The van der Waals surface area contributed by atoms with Crippen LogP contribution in [0.1, 0.15) is 5.56 Å². The Kier molecular flexibility index (Phi) is 3.53. The lowest BCUT2D eigenvalue weighted by molar-refractivity contribution is -0.142. The molecule has 18 heavy (non-hydrogen) atoms. The minimum absolute atomic E-state index is 0.290. The molecule has 7 heteroatoms. The van der Waals surface area contributed by atoms with E-state index in [4.69, 9.17) is 10.2 Å². The largest absolute Gasteiger partial charge is 0.468 e. The van der Waals surface area contributed by atoms with Crippen LogP contribution in [0, 0.1) is 0 Å². The molecule has 6 nitrogen and oxygen atoms in total. The molecule has 1 heterocycles. The third-order valence-electron chi connectivity index (χ3n) is 2.53.